The van der Waals surface area contributed by atoms with Gasteiger partial charge in [-0.05, 0) is 31.2 Å². The van der Waals surface area contributed by atoms with Crippen molar-refractivity contribution in [3.63, 3.8) is 0 Å². The molecule has 0 saturated carbocycles. The van der Waals surface area contributed by atoms with Crippen LogP contribution in [0.15, 0.2) is 36.7 Å². The fourth-order valence-electron chi connectivity index (χ4n) is 1.77. The van der Waals surface area contributed by atoms with Gasteiger partial charge in [-0.15, -0.1) is 0 Å². The Morgan fingerprint density at radius 2 is 2.05 bits per heavy atom. The van der Waals surface area contributed by atoms with Crippen molar-refractivity contribution in [2.75, 3.05) is 11.9 Å². The van der Waals surface area contributed by atoms with Gasteiger partial charge >= 0.3 is 0 Å². The van der Waals surface area contributed by atoms with E-state index in [2.05, 4.69) is 15.7 Å². The van der Waals surface area contributed by atoms with Gasteiger partial charge in [-0.2, -0.15) is 5.10 Å². The van der Waals surface area contributed by atoms with Crippen LogP contribution in [0.1, 0.15) is 22.8 Å². The molecule has 5 nitrogen and oxygen atoms in total. The zero-order valence-electron chi connectivity index (χ0n) is 11.2. The highest BCUT2D eigenvalue weighted by Crippen LogP contribution is 2.11. The summed E-state index contributed by atoms with van der Waals surface area (Å²) in [7, 11) is 1.89. The van der Waals surface area contributed by atoms with Crippen LogP contribution >= 0.6 is 0 Å². The third kappa shape index (κ3) is 3.58. The number of amides is 1. The standard InChI is InChI=1S/C14H18N4O/c1-3-15-14(19)12-4-6-13(7-5-12)16-8-11-9-17-18(2)10-11/h4-7,9-10,16H,3,8H2,1-2H3,(H,15,19). The Bertz CT molecular complexity index is 545. The molecule has 0 fully saturated rings. The first kappa shape index (κ1) is 13.1. The second-order valence-electron chi connectivity index (χ2n) is 4.31. The van der Waals surface area contributed by atoms with Crippen molar-refractivity contribution in [2.45, 2.75) is 13.5 Å². The number of benzene rings is 1. The molecule has 0 atom stereocenters. The maximum Gasteiger partial charge on any atom is 0.251 e. The average Bonchev–Trinajstić information content (AvgIpc) is 2.83. The van der Waals surface area contributed by atoms with Gasteiger partial charge in [-0.25, -0.2) is 0 Å². The third-order valence-electron chi connectivity index (χ3n) is 2.74. The number of nitrogens with one attached hydrogen (secondary N) is 2. The molecule has 1 heterocycles. The molecule has 0 saturated heterocycles. The number of carbonyl (C=O) groups is 1. The highest BCUT2D eigenvalue weighted by molar-refractivity contribution is 5.94. The summed E-state index contributed by atoms with van der Waals surface area (Å²) < 4.78 is 1.77. The number of aryl methyl sites for hydroxylation is 1. The van der Waals surface area contributed by atoms with E-state index in [9.17, 15) is 4.79 Å². The molecule has 5 heteroatoms. The number of carbonyl (C=O) groups excluding carboxylic acids is 1. The summed E-state index contributed by atoms with van der Waals surface area (Å²) in [5.74, 6) is -0.0405. The third-order valence-corrected chi connectivity index (χ3v) is 2.74. The second kappa shape index (κ2) is 6.04. The summed E-state index contributed by atoms with van der Waals surface area (Å²) in [6.45, 7) is 3.26. The first-order chi connectivity index (χ1) is 9.19. The normalized spacial score (nSPS) is 10.2. The molecule has 2 rings (SSSR count). The van der Waals surface area contributed by atoms with Crippen molar-refractivity contribution >= 4 is 11.6 Å². The van der Waals surface area contributed by atoms with Crippen LogP contribution in [0.5, 0.6) is 0 Å². The average molecular weight is 258 g/mol. The zero-order valence-corrected chi connectivity index (χ0v) is 11.2. The van der Waals surface area contributed by atoms with Crippen LogP contribution in [0, 0.1) is 0 Å². The minimum Gasteiger partial charge on any atom is -0.381 e. The summed E-state index contributed by atoms with van der Waals surface area (Å²) in [6, 6.07) is 7.44. The lowest BCUT2D eigenvalue weighted by atomic mass is 10.2. The van der Waals surface area contributed by atoms with Crippen LogP contribution in [0.25, 0.3) is 0 Å². The maximum absolute atomic E-state index is 11.6. The van der Waals surface area contributed by atoms with Crippen molar-refractivity contribution in [3.8, 4) is 0 Å². The topological polar surface area (TPSA) is 59.0 Å². The molecule has 0 unspecified atom stereocenters. The molecule has 0 bridgehead atoms. The van der Waals surface area contributed by atoms with E-state index in [-0.39, 0.29) is 5.91 Å². The van der Waals surface area contributed by atoms with E-state index in [1.807, 2.05) is 50.6 Å². The SMILES string of the molecule is CCNC(=O)c1ccc(NCc2cnn(C)c2)cc1. The Kier molecular flexibility index (Phi) is 4.18. The fraction of sp³-hybridized carbons (Fsp3) is 0.286. The molecular formula is C14H18N4O. The summed E-state index contributed by atoms with van der Waals surface area (Å²) in [6.07, 6.45) is 3.80. The number of hydrogen-bond donors (Lipinski definition) is 2. The van der Waals surface area contributed by atoms with E-state index in [1.165, 1.54) is 0 Å². The van der Waals surface area contributed by atoms with Crippen LogP contribution in [0.4, 0.5) is 5.69 Å². The van der Waals surface area contributed by atoms with E-state index < -0.39 is 0 Å². The van der Waals surface area contributed by atoms with Gasteiger partial charge in [0.15, 0.2) is 0 Å². The molecule has 100 valence electrons. The highest BCUT2D eigenvalue weighted by atomic mass is 16.1. The smallest absolute Gasteiger partial charge is 0.251 e. The quantitative estimate of drug-likeness (QED) is 0.859. The van der Waals surface area contributed by atoms with E-state index in [0.717, 1.165) is 11.3 Å². The highest BCUT2D eigenvalue weighted by Gasteiger charge is 2.03. The largest absolute Gasteiger partial charge is 0.381 e. The summed E-state index contributed by atoms with van der Waals surface area (Å²) in [5, 5.41) is 10.2. The van der Waals surface area contributed by atoms with Gasteiger partial charge in [-0.3, -0.25) is 9.48 Å². The lowest BCUT2D eigenvalue weighted by molar-refractivity contribution is 0.0956. The van der Waals surface area contributed by atoms with Gasteiger partial charge in [-0.1, -0.05) is 0 Å². The summed E-state index contributed by atoms with van der Waals surface area (Å²) in [4.78, 5) is 11.6. The predicted octanol–water partition coefficient (Wildman–Crippen LogP) is 1.78. The maximum atomic E-state index is 11.6. The van der Waals surface area contributed by atoms with Crippen molar-refractivity contribution in [1.82, 2.24) is 15.1 Å². The van der Waals surface area contributed by atoms with E-state index in [0.29, 0.717) is 18.7 Å². The molecule has 1 aromatic carbocycles. The summed E-state index contributed by atoms with van der Waals surface area (Å²) in [5.41, 5.74) is 2.78. The first-order valence-electron chi connectivity index (χ1n) is 6.28. The van der Waals surface area contributed by atoms with Gasteiger partial charge < -0.3 is 10.6 Å². The zero-order chi connectivity index (χ0) is 13.7. The monoisotopic (exact) mass is 258 g/mol. The Hall–Kier alpha value is -2.30. The van der Waals surface area contributed by atoms with E-state index >= 15 is 0 Å². The number of hydrogen-bond acceptors (Lipinski definition) is 3. The molecule has 0 radical (unpaired) electrons. The molecule has 19 heavy (non-hydrogen) atoms. The van der Waals surface area contributed by atoms with Crippen LogP contribution in [-0.2, 0) is 13.6 Å². The molecule has 0 spiro atoms. The lowest BCUT2D eigenvalue weighted by Gasteiger charge is -2.06. The molecule has 2 N–H and O–H groups in total. The molecule has 1 amide bonds. The number of rotatable bonds is 5. The van der Waals surface area contributed by atoms with E-state index in [4.69, 9.17) is 0 Å². The molecule has 0 aliphatic rings. The Morgan fingerprint density at radius 1 is 1.32 bits per heavy atom. The minimum absolute atomic E-state index is 0.0405. The number of aromatic nitrogens is 2. The molecule has 1 aromatic heterocycles. The van der Waals surface area contributed by atoms with E-state index in [1.54, 1.807) is 4.68 Å². The van der Waals surface area contributed by atoms with Crippen LogP contribution < -0.4 is 10.6 Å². The van der Waals surface area contributed by atoms with Crippen molar-refractivity contribution in [3.05, 3.63) is 47.8 Å². The van der Waals surface area contributed by atoms with Gasteiger partial charge in [0.1, 0.15) is 0 Å². The summed E-state index contributed by atoms with van der Waals surface area (Å²) >= 11 is 0. The van der Waals surface area contributed by atoms with Gasteiger partial charge in [0, 0.05) is 43.1 Å². The van der Waals surface area contributed by atoms with Gasteiger partial charge in [0.05, 0.1) is 6.20 Å². The van der Waals surface area contributed by atoms with Crippen LogP contribution in [0.2, 0.25) is 0 Å². The predicted molar refractivity (Wildman–Crippen MR) is 75.0 cm³/mol. The van der Waals surface area contributed by atoms with Crippen LogP contribution in [-0.4, -0.2) is 22.2 Å². The number of nitrogens with zero attached hydrogens (tertiary/aromatic N) is 2. The molecule has 0 aliphatic heterocycles. The Labute approximate surface area is 112 Å². The molecular weight excluding hydrogens is 240 g/mol. The minimum atomic E-state index is -0.0405. The van der Waals surface area contributed by atoms with Crippen molar-refractivity contribution < 1.29 is 4.79 Å². The fourth-order valence-corrected chi connectivity index (χ4v) is 1.77. The molecule has 2 aromatic rings. The molecule has 0 aliphatic carbocycles. The van der Waals surface area contributed by atoms with Crippen LogP contribution in [0.3, 0.4) is 0 Å². The van der Waals surface area contributed by atoms with Crippen molar-refractivity contribution in [2.24, 2.45) is 7.05 Å². The number of anilines is 1. The van der Waals surface area contributed by atoms with Gasteiger partial charge in [0.2, 0.25) is 0 Å². The second-order valence-corrected chi connectivity index (χ2v) is 4.31. The van der Waals surface area contributed by atoms with Gasteiger partial charge in [0.25, 0.3) is 5.91 Å². The van der Waals surface area contributed by atoms with Crippen molar-refractivity contribution in [1.29, 1.82) is 0 Å². The lowest BCUT2D eigenvalue weighted by Crippen LogP contribution is -2.22. The first-order valence-corrected chi connectivity index (χ1v) is 6.28. The Balaban J connectivity index is 1.93. The Morgan fingerprint density at radius 3 is 2.63 bits per heavy atom.